The summed E-state index contributed by atoms with van der Waals surface area (Å²) in [5.74, 6) is -0.333. The maximum Gasteiger partial charge on any atom is 0.306 e. The van der Waals surface area contributed by atoms with Crippen LogP contribution in [-0.4, -0.2) is 24.0 Å². The molecule has 8 heteroatoms. The second-order valence-corrected chi connectivity index (χ2v) is 4.66. The molecule has 24 heavy (non-hydrogen) atoms. The van der Waals surface area contributed by atoms with Crippen molar-refractivity contribution in [3.63, 3.8) is 0 Å². The molecule has 0 saturated heterocycles. The van der Waals surface area contributed by atoms with Crippen molar-refractivity contribution in [2.75, 3.05) is 18.5 Å². The molecular weight excluding hydrogens is 319 g/mol. The molecule has 1 amide bonds. The van der Waals surface area contributed by atoms with E-state index in [1.54, 1.807) is 24.3 Å². The van der Waals surface area contributed by atoms with Gasteiger partial charge in [-0.2, -0.15) is 4.39 Å². The summed E-state index contributed by atoms with van der Waals surface area (Å²) in [6.07, 6.45) is 0. The summed E-state index contributed by atoms with van der Waals surface area (Å²) in [5, 5.41) is 13.1. The van der Waals surface area contributed by atoms with Gasteiger partial charge in [0, 0.05) is 11.8 Å². The lowest BCUT2D eigenvalue weighted by Gasteiger charge is -2.08. The van der Waals surface area contributed by atoms with E-state index in [1.807, 2.05) is 6.92 Å². The number of nitro benzene ring substituents is 1. The van der Waals surface area contributed by atoms with Crippen molar-refractivity contribution in [3.8, 4) is 11.5 Å². The Labute approximate surface area is 137 Å². The largest absolute Gasteiger partial charge is 0.494 e. The minimum absolute atomic E-state index is 0.114. The van der Waals surface area contributed by atoms with Crippen LogP contribution in [0.3, 0.4) is 0 Å². The molecule has 0 aromatic heterocycles. The van der Waals surface area contributed by atoms with E-state index in [1.165, 1.54) is 6.07 Å². The van der Waals surface area contributed by atoms with E-state index in [2.05, 4.69) is 5.32 Å². The fourth-order valence-corrected chi connectivity index (χ4v) is 1.88. The van der Waals surface area contributed by atoms with Crippen molar-refractivity contribution in [2.24, 2.45) is 0 Å². The second kappa shape index (κ2) is 7.91. The van der Waals surface area contributed by atoms with E-state index in [0.717, 1.165) is 12.1 Å². The molecule has 0 saturated carbocycles. The van der Waals surface area contributed by atoms with E-state index in [0.29, 0.717) is 18.1 Å². The first kappa shape index (κ1) is 17.2. The van der Waals surface area contributed by atoms with Crippen LogP contribution in [0.25, 0.3) is 0 Å². The molecular formula is C16H15FN2O5. The van der Waals surface area contributed by atoms with Gasteiger partial charge in [-0.25, -0.2) is 0 Å². The van der Waals surface area contributed by atoms with Gasteiger partial charge in [0.05, 0.1) is 11.5 Å². The van der Waals surface area contributed by atoms with Crippen molar-refractivity contribution in [2.45, 2.75) is 6.92 Å². The van der Waals surface area contributed by atoms with Crippen LogP contribution >= 0.6 is 0 Å². The number of benzene rings is 2. The molecule has 0 unspecified atom stereocenters. The van der Waals surface area contributed by atoms with Crippen LogP contribution < -0.4 is 14.8 Å². The van der Waals surface area contributed by atoms with Gasteiger partial charge in [0.15, 0.2) is 6.61 Å². The average molecular weight is 334 g/mol. The lowest BCUT2D eigenvalue weighted by atomic mass is 10.2. The molecule has 0 aliphatic rings. The minimum Gasteiger partial charge on any atom is -0.494 e. The van der Waals surface area contributed by atoms with Gasteiger partial charge in [-0.05, 0) is 43.3 Å². The number of nitrogens with one attached hydrogen (secondary N) is 1. The molecule has 0 atom stereocenters. The van der Waals surface area contributed by atoms with Crippen LogP contribution in [0, 0.1) is 15.9 Å². The number of nitrogens with zero attached hydrogens (tertiary/aromatic N) is 1. The monoisotopic (exact) mass is 334 g/mol. The number of carbonyl (C=O) groups excluding carboxylic acids is 1. The van der Waals surface area contributed by atoms with Crippen molar-refractivity contribution in [3.05, 3.63) is 58.4 Å². The van der Waals surface area contributed by atoms with Gasteiger partial charge in [0.25, 0.3) is 5.91 Å². The number of nitro groups is 1. The Hall–Kier alpha value is -3.16. The number of halogens is 1. The molecule has 0 fully saturated rings. The van der Waals surface area contributed by atoms with Crippen molar-refractivity contribution >= 4 is 17.3 Å². The maximum absolute atomic E-state index is 13.2. The molecule has 2 aromatic carbocycles. The van der Waals surface area contributed by atoms with Crippen LogP contribution in [0.4, 0.5) is 15.8 Å². The van der Waals surface area contributed by atoms with Crippen LogP contribution in [0.5, 0.6) is 11.5 Å². The van der Waals surface area contributed by atoms with E-state index < -0.39 is 22.3 Å². The standard InChI is InChI=1S/C16H15FN2O5/c1-2-23-12-4-6-13(7-5-12)24-10-16(20)18-11-3-8-14(17)15(9-11)19(21)22/h3-9H,2,10H2,1H3,(H,18,20). The molecule has 0 aliphatic heterocycles. The predicted molar refractivity (Wildman–Crippen MR) is 84.8 cm³/mol. The highest BCUT2D eigenvalue weighted by Crippen LogP contribution is 2.22. The third-order valence-corrected chi connectivity index (χ3v) is 2.93. The first-order valence-corrected chi connectivity index (χ1v) is 7.09. The third-order valence-electron chi connectivity index (χ3n) is 2.93. The molecule has 2 aromatic rings. The zero-order chi connectivity index (χ0) is 17.5. The highest BCUT2D eigenvalue weighted by Gasteiger charge is 2.15. The Morgan fingerprint density at radius 2 is 1.79 bits per heavy atom. The van der Waals surface area contributed by atoms with Crippen molar-refractivity contribution in [1.82, 2.24) is 0 Å². The minimum atomic E-state index is -0.969. The Morgan fingerprint density at radius 1 is 1.17 bits per heavy atom. The fraction of sp³-hybridized carbons (Fsp3) is 0.188. The van der Waals surface area contributed by atoms with E-state index >= 15 is 0 Å². The summed E-state index contributed by atoms with van der Waals surface area (Å²) >= 11 is 0. The fourth-order valence-electron chi connectivity index (χ4n) is 1.88. The Morgan fingerprint density at radius 3 is 2.38 bits per heavy atom. The Bertz CT molecular complexity index is 734. The molecule has 0 radical (unpaired) electrons. The number of carbonyl (C=O) groups is 1. The van der Waals surface area contributed by atoms with Crippen LogP contribution in [-0.2, 0) is 4.79 Å². The predicted octanol–water partition coefficient (Wildman–Crippen LogP) is 3.15. The van der Waals surface area contributed by atoms with Crippen LogP contribution in [0.2, 0.25) is 0 Å². The van der Waals surface area contributed by atoms with Gasteiger partial charge < -0.3 is 14.8 Å². The van der Waals surface area contributed by atoms with Crippen molar-refractivity contribution < 1.29 is 23.6 Å². The van der Waals surface area contributed by atoms with Crippen molar-refractivity contribution in [1.29, 1.82) is 0 Å². The van der Waals surface area contributed by atoms with Gasteiger partial charge in [-0.15, -0.1) is 0 Å². The van der Waals surface area contributed by atoms with Crippen LogP contribution in [0.1, 0.15) is 6.92 Å². The normalized spacial score (nSPS) is 10.1. The summed E-state index contributed by atoms with van der Waals surface area (Å²) < 4.78 is 23.8. The second-order valence-electron chi connectivity index (χ2n) is 4.66. The quantitative estimate of drug-likeness (QED) is 0.620. The highest BCUT2D eigenvalue weighted by atomic mass is 19.1. The molecule has 126 valence electrons. The van der Waals surface area contributed by atoms with Gasteiger partial charge in [-0.1, -0.05) is 0 Å². The summed E-state index contributed by atoms with van der Waals surface area (Å²) in [4.78, 5) is 21.6. The molecule has 0 heterocycles. The Balaban J connectivity index is 1.91. The molecule has 7 nitrogen and oxygen atoms in total. The molecule has 1 N–H and O–H groups in total. The zero-order valence-electron chi connectivity index (χ0n) is 12.8. The number of hydrogen-bond acceptors (Lipinski definition) is 5. The summed E-state index contributed by atoms with van der Waals surface area (Å²) in [6.45, 7) is 2.13. The van der Waals surface area contributed by atoms with Gasteiger partial charge in [0.2, 0.25) is 5.82 Å². The van der Waals surface area contributed by atoms with Crippen LogP contribution in [0.15, 0.2) is 42.5 Å². The first-order chi connectivity index (χ1) is 11.5. The van der Waals surface area contributed by atoms with E-state index in [-0.39, 0.29) is 12.3 Å². The topological polar surface area (TPSA) is 90.7 Å². The zero-order valence-corrected chi connectivity index (χ0v) is 12.8. The number of rotatable bonds is 7. The molecule has 0 aliphatic carbocycles. The Kier molecular flexibility index (Phi) is 5.67. The van der Waals surface area contributed by atoms with E-state index in [4.69, 9.17) is 9.47 Å². The van der Waals surface area contributed by atoms with Gasteiger partial charge >= 0.3 is 5.69 Å². The number of ether oxygens (including phenoxy) is 2. The van der Waals surface area contributed by atoms with Gasteiger partial charge in [-0.3, -0.25) is 14.9 Å². The average Bonchev–Trinajstić information content (AvgIpc) is 2.56. The number of hydrogen-bond donors (Lipinski definition) is 1. The lowest BCUT2D eigenvalue weighted by molar-refractivity contribution is -0.387. The SMILES string of the molecule is CCOc1ccc(OCC(=O)Nc2ccc(F)c([N+](=O)[O-])c2)cc1. The first-order valence-electron chi connectivity index (χ1n) is 7.09. The summed E-state index contributed by atoms with van der Waals surface area (Å²) in [6, 6.07) is 9.82. The molecule has 0 spiro atoms. The lowest BCUT2D eigenvalue weighted by Crippen LogP contribution is -2.20. The highest BCUT2D eigenvalue weighted by molar-refractivity contribution is 5.92. The molecule has 2 rings (SSSR count). The molecule has 0 bridgehead atoms. The summed E-state index contributed by atoms with van der Waals surface area (Å²) in [7, 11) is 0. The number of amides is 1. The number of anilines is 1. The smallest absolute Gasteiger partial charge is 0.306 e. The summed E-state index contributed by atoms with van der Waals surface area (Å²) in [5.41, 5.74) is -0.594. The third kappa shape index (κ3) is 4.67. The van der Waals surface area contributed by atoms with Gasteiger partial charge in [0.1, 0.15) is 11.5 Å². The maximum atomic E-state index is 13.2. The van der Waals surface area contributed by atoms with E-state index in [9.17, 15) is 19.3 Å².